The van der Waals surface area contributed by atoms with Crippen molar-refractivity contribution in [3.63, 3.8) is 0 Å². The highest BCUT2D eigenvalue weighted by molar-refractivity contribution is 5.94. The highest BCUT2D eigenvalue weighted by Gasteiger charge is 2.21. The molecule has 1 fully saturated rings. The van der Waals surface area contributed by atoms with Crippen molar-refractivity contribution < 1.29 is 18.5 Å². The molecule has 2 amide bonds. The van der Waals surface area contributed by atoms with E-state index in [1.165, 1.54) is 12.8 Å². The Morgan fingerprint density at radius 2 is 1.97 bits per heavy atom. The molecule has 8 nitrogen and oxygen atoms in total. The first kappa shape index (κ1) is 21.8. The number of carbonyl (C=O) groups excluding carboxylic acids is 2. The molecule has 0 radical (unpaired) electrons. The summed E-state index contributed by atoms with van der Waals surface area (Å²) in [7, 11) is 0. The monoisotopic (exact) mass is 436 g/mol. The van der Waals surface area contributed by atoms with Crippen molar-refractivity contribution in [2.45, 2.75) is 58.9 Å². The predicted molar refractivity (Wildman–Crippen MR) is 119 cm³/mol. The molecule has 168 valence electrons. The van der Waals surface area contributed by atoms with Gasteiger partial charge in [-0.25, -0.2) is 4.98 Å². The van der Waals surface area contributed by atoms with Gasteiger partial charge in [0.05, 0.1) is 17.8 Å². The van der Waals surface area contributed by atoms with Gasteiger partial charge in [-0.2, -0.15) is 0 Å². The molecule has 0 aliphatic heterocycles. The van der Waals surface area contributed by atoms with Crippen molar-refractivity contribution >= 4 is 17.5 Å². The highest BCUT2D eigenvalue weighted by atomic mass is 16.5. The number of nitrogens with zero attached hydrogens (tertiary/aromatic N) is 2. The van der Waals surface area contributed by atoms with Gasteiger partial charge < -0.3 is 19.6 Å². The average molecular weight is 437 g/mol. The molecule has 4 rings (SSSR count). The summed E-state index contributed by atoms with van der Waals surface area (Å²) < 4.78 is 10.9. The summed E-state index contributed by atoms with van der Waals surface area (Å²) in [6.07, 6.45) is 5.87. The maximum Gasteiger partial charge on any atom is 0.273 e. The Morgan fingerprint density at radius 1 is 1.19 bits per heavy atom. The summed E-state index contributed by atoms with van der Waals surface area (Å²) in [5.74, 6) is 1.80. The van der Waals surface area contributed by atoms with Crippen molar-refractivity contribution in [1.82, 2.24) is 15.5 Å². The van der Waals surface area contributed by atoms with E-state index in [1.807, 2.05) is 31.2 Å². The van der Waals surface area contributed by atoms with Gasteiger partial charge in [0.15, 0.2) is 5.69 Å². The van der Waals surface area contributed by atoms with E-state index >= 15 is 0 Å². The van der Waals surface area contributed by atoms with E-state index in [9.17, 15) is 9.59 Å². The second-order valence-corrected chi connectivity index (χ2v) is 8.18. The van der Waals surface area contributed by atoms with Crippen LogP contribution in [0.4, 0.5) is 5.69 Å². The summed E-state index contributed by atoms with van der Waals surface area (Å²) in [6.45, 7) is 3.92. The minimum atomic E-state index is -0.336. The molecular formula is C24H28N4O4. The second-order valence-electron chi connectivity index (χ2n) is 8.18. The lowest BCUT2D eigenvalue weighted by Crippen LogP contribution is -2.23. The fourth-order valence-electron chi connectivity index (χ4n) is 4.00. The van der Waals surface area contributed by atoms with E-state index in [0.29, 0.717) is 53.1 Å². The number of para-hydroxylation sites is 1. The lowest BCUT2D eigenvalue weighted by atomic mass is 10.0. The van der Waals surface area contributed by atoms with Gasteiger partial charge in [0.1, 0.15) is 17.2 Å². The largest absolute Gasteiger partial charge is 0.441 e. The standard InChI is InChI=1S/C24H28N4O4/c1-3-17-13-20(28-32-17)23(30)25-14-21-15(2)31-24(27-21)18-10-6-7-11-19(18)26-22(29)12-16-8-4-5-9-16/h6-7,10-11,13,16H,3-5,8-9,12,14H2,1-2H3,(H,25,30)(H,26,29). The van der Waals surface area contributed by atoms with E-state index in [2.05, 4.69) is 20.8 Å². The molecule has 1 aliphatic carbocycles. The molecule has 0 atom stereocenters. The first-order valence-corrected chi connectivity index (χ1v) is 11.1. The van der Waals surface area contributed by atoms with Gasteiger partial charge in [0, 0.05) is 18.9 Å². The lowest BCUT2D eigenvalue weighted by molar-refractivity contribution is -0.117. The maximum atomic E-state index is 12.5. The molecule has 0 unspecified atom stereocenters. The topological polar surface area (TPSA) is 110 Å². The molecule has 1 aliphatic rings. The normalized spacial score (nSPS) is 13.9. The van der Waals surface area contributed by atoms with Crippen molar-refractivity contribution in [3.8, 4) is 11.5 Å². The summed E-state index contributed by atoms with van der Waals surface area (Å²) in [5.41, 5.74) is 2.22. The molecule has 2 N–H and O–H groups in total. The lowest BCUT2D eigenvalue weighted by Gasteiger charge is -2.11. The zero-order valence-electron chi connectivity index (χ0n) is 18.4. The number of nitrogens with one attached hydrogen (secondary N) is 2. The molecule has 3 aromatic rings. The van der Waals surface area contributed by atoms with Gasteiger partial charge in [-0.1, -0.05) is 37.1 Å². The van der Waals surface area contributed by atoms with Crippen LogP contribution in [0.1, 0.15) is 66.7 Å². The number of benzene rings is 1. The molecule has 8 heteroatoms. The van der Waals surface area contributed by atoms with Crippen molar-refractivity contribution in [3.05, 3.63) is 53.2 Å². The zero-order valence-corrected chi connectivity index (χ0v) is 18.4. The number of hydrogen-bond acceptors (Lipinski definition) is 6. The summed E-state index contributed by atoms with van der Waals surface area (Å²) in [4.78, 5) is 29.4. The van der Waals surface area contributed by atoms with Crippen LogP contribution in [0.15, 0.2) is 39.3 Å². The number of rotatable bonds is 8. The number of amides is 2. The summed E-state index contributed by atoms with van der Waals surface area (Å²) in [6, 6.07) is 9.08. The third-order valence-corrected chi connectivity index (χ3v) is 5.83. The number of oxazole rings is 1. The second kappa shape index (κ2) is 9.80. The van der Waals surface area contributed by atoms with Crippen LogP contribution >= 0.6 is 0 Å². The fourth-order valence-corrected chi connectivity index (χ4v) is 4.00. The van der Waals surface area contributed by atoms with Gasteiger partial charge in [-0.3, -0.25) is 9.59 Å². The van der Waals surface area contributed by atoms with Crippen molar-refractivity contribution in [2.75, 3.05) is 5.32 Å². The van der Waals surface area contributed by atoms with Crippen LogP contribution in [0, 0.1) is 12.8 Å². The number of aryl methyl sites for hydroxylation is 2. The van der Waals surface area contributed by atoms with Crippen LogP contribution in [0.3, 0.4) is 0 Å². The molecule has 32 heavy (non-hydrogen) atoms. The minimum absolute atomic E-state index is 0.0131. The fraction of sp³-hybridized carbons (Fsp3) is 0.417. The third kappa shape index (κ3) is 5.07. The molecule has 0 saturated heterocycles. The van der Waals surface area contributed by atoms with Gasteiger partial charge >= 0.3 is 0 Å². The van der Waals surface area contributed by atoms with E-state index in [1.54, 1.807) is 13.0 Å². The minimum Gasteiger partial charge on any atom is -0.441 e. The van der Waals surface area contributed by atoms with E-state index in [4.69, 9.17) is 8.94 Å². The Labute approximate surface area is 186 Å². The quantitative estimate of drug-likeness (QED) is 0.532. The average Bonchev–Trinajstić information content (AvgIpc) is 3.54. The van der Waals surface area contributed by atoms with Gasteiger partial charge in [0.25, 0.3) is 5.91 Å². The molecular weight excluding hydrogens is 408 g/mol. The maximum absolute atomic E-state index is 12.5. The summed E-state index contributed by atoms with van der Waals surface area (Å²) in [5, 5.41) is 9.59. The van der Waals surface area contributed by atoms with Crippen LogP contribution in [0.2, 0.25) is 0 Å². The molecule has 2 aromatic heterocycles. The molecule has 0 spiro atoms. The number of aromatic nitrogens is 2. The van der Waals surface area contributed by atoms with E-state index < -0.39 is 0 Å². The Kier molecular flexibility index (Phi) is 6.68. The number of anilines is 1. The number of carbonyl (C=O) groups is 2. The highest BCUT2D eigenvalue weighted by Crippen LogP contribution is 2.31. The van der Waals surface area contributed by atoms with Crippen LogP contribution < -0.4 is 10.6 Å². The Balaban J connectivity index is 1.43. The van der Waals surface area contributed by atoms with Crippen LogP contribution in [0.5, 0.6) is 0 Å². The van der Waals surface area contributed by atoms with E-state index in [-0.39, 0.29) is 24.1 Å². The van der Waals surface area contributed by atoms with Crippen LogP contribution in [-0.4, -0.2) is 22.0 Å². The van der Waals surface area contributed by atoms with Crippen molar-refractivity contribution in [2.24, 2.45) is 5.92 Å². The van der Waals surface area contributed by atoms with Gasteiger partial charge in [-0.15, -0.1) is 0 Å². The van der Waals surface area contributed by atoms with Crippen molar-refractivity contribution in [1.29, 1.82) is 0 Å². The summed E-state index contributed by atoms with van der Waals surface area (Å²) >= 11 is 0. The van der Waals surface area contributed by atoms with Gasteiger partial charge in [0.2, 0.25) is 11.8 Å². The first-order valence-electron chi connectivity index (χ1n) is 11.1. The smallest absolute Gasteiger partial charge is 0.273 e. The van der Waals surface area contributed by atoms with E-state index in [0.717, 1.165) is 12.8 Å². The Morgan fingerprint density at radius 3 is 2.72 bits per heavy atom. The first-order chi connectivity index (χ1) is 15.5. The number of hydrogen-bond donors (Lipinski definition) is 2. The van der Waals surface area contributed by atoms with Gasteiger partial charge in [-0.05, 0) is 37.8 Å². The third-order valence-electron chi connectivity index (χ3n) is 5.83. The van der Waals surface area contributed by atoms with Crippen LogP contribution in [0.25, 0.3) is 11.5 Å². The zero-order chi connectivity index (χ0) is 22.5. The van der Waals surface area contributed by atoms with Crippen LogP contribution in [-0.2, 0) is 17.8 Å². The molecule has 1 saturated carbocycles. The molecule has 1 aromatic carbocycles. The predicted octanol–water partition coefficient (Wildman–Crippen LogP) is 4.65. The Bertz CT molecular complexity index is 1100. The molecule has 0 bridgehead atoms. The SMILES string of the molecule is CCc1cc(C(=O)NCc2nc(-c3ccccc3NC(=O)CC3CCCC3)oc2C)no1. The Hall–Kier alpha value is -3.42. The molecule has 2 heterocycles.